The molecule has 0 saturated carbocycles. The molecule has 8 heteroatoms. The number of benzene rings is 1. The lowest BCUT2D eigenvalue weighted by Crippen LogP contribution is -2.21. The van der Waals surface area contributed by atoms with E-state index >= 15 is 0 Å². The van der Waals surface area contributed by atoms with Gasteiger partial charge in [-0.25, -0.2) is 13.6 Å². The van der Waals surface area contributed by atoms with E-state index in [-0.39, 0.29) is 0 Å². The molecule has 1 aromatic carbocycles. The number of nitrogen functional groups attached to an aromatic ring is 1. The monoisotopic (exact) mass is 255 g/mol. The van der Waals surface area contributed by atoms with Crippen molar-refractivity contribution in [2.75, 3.05) is 12.3 Å². The lowest BCUT2D eigenvalue weighted by atomic mass is 10.1. The number of carbonyl (C=O) groups excluding carboxylic acids is 1. The quantitative estimate of drug-likeness (QED) is 0.501. The van der Waals surface area contributed by atoms with Crippen LogP contribution in [-0.2, 0) is 4.74 Å². The van der Waals surface area contributed by atoms with Crippen molar-refractivity contribution in [3.05, 3.63) is 29.3 Å². The average Bonchev–Trinajstić information content (AvgIpc) is 2.19. The lowest BCUT2D eigenvalue weighted by Gasteiger charge is -2.09. The number of alkyl halides is 3. The molecule has 0 aliphatic carbocycles. The molecule has 2 N–H and O–H groups in total. The third kappa shape index (κ3) is 3.58. The molecule has 1 rings (SSSR count). The van der Waals surface area contributed by atoms with Crippen molar-refractivity contribution in [1.29, 1.82) is 0 Å². The molecule has 0 aliphatic heterocycles. The van der Waals surface area contributed by atoms with Crippen molar-refractivity contribution >= 4 is 11.7 Å². The summed E-state index contributed by atoms with van der Waals surface area (Å²) >= 11 is 0. The van der Waals surface area contributed by atoms with Gasteiger partial charge < -0.3 is 10.5 Å². The van der Waals surface area contributed by atoms with Gasteiger partial charge in [-0.15, -0.1) is 0 Å². The van der Waals surface area contributed by atoms with Crippen LogP contribution in [0.25, 0.3) is 0 Å². The molecule has 0 aromatic heterocycles. The van der Waals surface area contributed by atoms with Gasteiger partial charge in [-0.3, -0.25) is 0 Å². The van der Waals surface area contributed by atoms with E-state index in [1.807, 2.05) is 0 Å². The van der Waals surface area contributed by atoms with Crippen LogP contribution in [-0.4, -0.2) is 18.8 Å². The zero-order valence-corrected chi connectivity index (χ0v) is 8.15. The summed E-state index contributed by atoms with van der Waals surface area (Å²) in [6, 6.07) is 0.864. The Hall–Kier alpha value is -1.86. The molecule has 0 fully saturated rings. The molecule has 0 amide bonds. The van der Waals surface area contributed by atoms with Crippen molar-refractivity contribution in [2.24, 2.45) is 0 Å². The maximum atomic E-state index is 12.7. The first-order chi connectivity index (χ1) is 7.70. The topological polar surface area (TPSA) is 52.3 Å². The highest BCUT2D eigenvalue weighted by Gasteiger charge is 2.30. The summed E-state index contributed by atoms with van der Waals surface area (Å²) in [6.07, 6.45) is -4.71. The zero-order valence-electron chi connectivity index (χ0n) is 8.15. The van der Waals surface area contributed by atoms with Crippen LogP contribution in [0.15, 0.2) is 12.1 Å². The summed E-state index contributed by atoms with van der Waals surface area (Å²) in [5.74, 6) is -4.19. The van der Waals surface area contributed by atoms with E-state index in [4.69, 9.17) is 5.73 Å². The first kappa shape index (κ1) is 13.2. The number of rotatable bonds is 2. The Morgan fingerprint density at radius 1 is 1.24 bits per heavy atom. The van der Waals surface area contributed by atoms with Crippen molar-refractivity contribution in [3.63, 3.8) is 0 Å². The van der Waals surface area contributed by atoms with Crippen molar-refractivity contribution < 1.29 is 31.5 Å². The van der Waals surface area contributed by atoms with Gasteiger partial charge in [-0.2, -0.15) is 13.2 Å². The first-order valence-corrected chi connectivity index (χ1v) is 4.19. The van der Waals surface area contributed by atoms with Gasteiger partial charge in [0.25, 0.3) is 0 Å². The van der Waals surface area contributed by atoms with Gasteiger partial charge in [-0.1, -0.05) is 0 Å². The van der Waals surface area contributed by atoms with Crippen molar-refractivity contribution in [2.45, 2.75) is 6.18 Å². The number of anilines is 1. The number of ether oxygens (including phenoxy) is 1. The molecule has 0 spiro atoms. The maximum absolute atomic E-state index is 12.7. The molecule has 1 aromatic rings. The normalized spacial score (nSPS) is 11.4. The van der Waals surface area contributed by atoms with Crippen LogP contribution in [0.3, 0.4) is 0 Å². The van der Waals surface area contributed by atoms with Crippen molar-refractivity contribution in [1.82, 2.24) is 0 Å². The van der Waals surface area contributed by atoms with Gasteiger partial charge in [0.1, 0.15) is 0 Å². The summed E-state index contributed by atoms with van der Waals surface area (Å²) < 4.78 is 64.4. The standard InChI is InChI=1S/C9H6F5NO2/c10-5-1-4(7(15)2-6(5)11)8(16)17-3-9(12,13)14/h1-2H,3,15H2. The summed E-state index contributed by atoms with van der Waals surface area (Å²) in [4.78, 5) is 11.1. The minimum absolute atomic E-state index is 0.378. The van der Waals surface area contributed by atoms with Gasteiger partial charge >= 0.3 is 12.1 Å². The highest BCUT2D eigenvalue weighted by molar-refractivity contribution is 5.95. The molecule has 0 unspecified atom stereocenters. The molecule has 0 aliphatic rings. The van der Waals surface area contributed by atoms with Gasteiger partial charge in [-0.05, 0) is 6.07 Å². The first-order valence-electron chi connectivity index (χ1n) is 4.19. The fraction of sp³-hybridized carbons (Fsp3) is 0.222. The van der Waals surface area contributed by atoms with Gasteiger partial charge in [0.15, 0.2) is 18.2 Å². The van der Waals surface area contributed by atoms with Crippen LogP contribution in [0.4, 0.5) is 27.6 Å². The molecular weight excluding hydrogens is 249 g/mol. The number of nitrogens with two attached hydrogens (primary N) is 1. The maximum Gasteiger partial charge on any atom is 0.422 e. The van der Waals surface area contributed by atoms with Crippen LogP contribution in [0.2, 0.25) is 0 Å². The second-order valence-corrected chi connectivity index (χ2v) is 3.04. The second kappa shape index (κ2) is 4.56. The number of halogens is 5. The molecule has 0 heterocycles. The Morgan fingerprint density at radius 2 is 1.76 bits per heavy atom. The van der Waals surface area contributed by atoms with E-state index in [9.17, 15) is 26.7 Å². The van der Waals surface area contributed by atoms with E-state index in [2.05, 4.69) is 4.74 Å². The largest absolute Gasteiger partial charge is 0.452 e. The number of carbonyl (C=O) groups is 1. The molecular formula is C9H6F5NO2. The van der Waals surface area contributed by atoms with Gasteiger partial charge in [0.2, 0.25) is 0 Å². The Morgan fingerprint density at radius 3 is 2.29 bits per heavy atom. The fourth-order valence-corrected chi connectivity index (χ4v) is 0.964. The average molecular weight is 255 g/mol. The molecule has 3 nitrogen and oxygen atoms in total. The predicted octanol–water partition coefficient (Wildman–Crippen LogP) is 2.27. The predicted molar refractivity (Wildman–Crippen MR) is 47.1 cm³/mol. The van der Waals surface area contributed by atoms with E-state index in [1.165, 1.54) is 0 Å². The zero-order chi connectivity index (χ0) is 13.2. The second-order valence-electron chi connectivity index (χ2n) is 3.04. The Labute approximate surface area is 92.0 Å². The molecule has 17 heavy (non-hydrogen) atoms. The van der Waals surface area contributed by atoms with E-state index in [0.29, 0.717) is 12.1 Å². The highest BCUT2D eigenvalue weighted by atomic mass is 19.4. The number of hydrogen-bond acceptors (Lipinski definition) is 3. The minimum Gasteiger partial charge on any atom is -0.452 e. The minimum atomic E-state index is -4.71. The van der Waals surface area contributed by atoms with Crippen molar-refractivity contribution in [3.8, 4) is 0 Å². The van der Waals surface area contributed by atoms with Crippen LogP contribution in [0.1, 0.15) is 10.4 Å². The third-order valence-corrected chi connectivity index (χ3v) is 1.68. The molecule has 0 bridgehead atoms. The van der Waals surface area contributed by atoms with Gasteiger partial charge in [0, 0.05) is 11.8 Å². The SMILES string of the molecule is Nc1cc(F)c(F)cc1C(=O)OCC(F)(F)F. The summed E-state index contributed by atoms with van der Waals surface area (Å²) in [7, 11) is 0. The molecule has 0 saturated heterocycles. The number of hydrogen-bond donors (Lipinski definition) is 1. The Bertz CT molecular complexity index is 444. The van der Waals surface area contributed by atoms with Crippen LogP contribution in [0, 0.1) is 11.6 Å². The number of esters is 1. The molecule has 0 radical (unpaired) electrons. The summed E-state index contributed by atoms with van der Waals surface area (Å²) in [6.45, 7) is -1.83. The molecule has 94 valence electrons. The van der Waals surface area contributed by atoms with Crippen LogP contribution >= 0.6 is 0 Å². The third-order valence-electron chi connectivity index (χ3n) is 1.68. The van der Waals surface area contributed by atoms with E-state index in [0.717, 1.165) is 0 Å². The molecule has 0 atom stereocenters. The van der Waals surface area contributed by atoms with Gasteiger partial charge in [0.05, 0.1) is 5.56 Å². The summed E-state index contributed by atoms with van der Waals surface area (Å²) in [5.41, 5.74) is 3.98. The smallest absolute Gasteiger partial charge is 0.422 e. The van der Waals surface area contributed by atoms with E-state index < -0.39 is 41.6 Å². The summed E-state index contributed by atoms with van der Waals surface area (Å²) in [5, 5.41) is 0. The Balaban J connectivity index is 2.86. The fourth-order valence-electron chi connectivity index (χ4n) is 0.964. The van der Waals surface area contributed by atoms with Crippen LogP contribution in [0.5, 0.6) is 0 Å². The highest BCUT2D eigenvalue weighted by Crippen LogP contribution is 2.20. The lowest BCUT2D eigenvalue weighted by molar-refractivity contribution is -0.161. The Kier molecular flexibility index (Phi) is 3.54. The van der Waals surface area contributed by atoms with E-state index in [1.54, 1.807) is 0 Å². The van der Waals surface area contributed by atoms with Crippen LogP contribution < -0.4 is 5.73 Å².